The summed E-state index contributed by atoms with van der Waals surface area (Å²) in [6, 6.07) is 60.4. The predicted molar refractivity (Wildman–Crippen MR) is 252 cm³/mol. The summed E-state index contributed by atoms with van der Waals surface area (Å²) in [6.45, 7) is 4.87. The van der Waals surface area contributed by atoms with Gasteiger partial charge in [0.05, 0.1) is 11.0 Å². The number of hydrogen-bond donors (Lipinski definition) is 0. The van der Waals surface area contributed by atoms with Crippen LogP contribution < -0.4 is 4.90 Å². The Bertz CT molecular complexity index is 2880. The molecule has 12 rings (SSSR count). The summed E-state index contributed by atoms with van der Waals surface area (Å²) >= 11 is 0. The Balaban J connectivity index is 1.01. The van der Waals surface area contributed by atoms with Crippen molar-refractivity contribution < 1.29 is 0 Å². The SMILES string of the molecule is CC1(C)c2cc(N(c3ccc(C4CCCCC4)cc3)c3ccc(C4CC5CCC4C5)cc3)ccc2-c2c1ccc1c3cc(-c4ccccc4)ccc3n(-c3ccccc3)c21. The van der Waals surface area contributed by atoms with Gasteiger partial charge in [0.15, 0.2) is 0 Å². The number of fused-ring (bicyclic) bond motifs is 9. The molecule has 2 bridgehead atoms. The summed E-state index contributed by atoms with van der Waals surface area (Å²) in [5, 5.41) is 2.59. The van der Waals surface area contributed by atoms with Crippen LogP contribution in [0.3, 0.4) is 0 Å². The van der Waals surface area contributed by atoms with Crippen LogP contribution in [0.1, 0.15) is 106 Å². The van der Waals surface area contributed by atoms with E-state index in [1.54, 1.807) is 0 Å². The van der Waals surface area contributed by atoms with Crippen LogP contribution in [-0.4, -0.2) is 4.57 Å². The van der Waals surface area contributed by atoms with E-state index in [-0.39, 0.29) is 5.41 Å². The molecule has 0 saturated heterocycles. The zero-order valence-electron chi connectivity index (χ0n) is 35.1. The topological polar surface area (TPSA) is 8.17 Å². The normalized spacial score (nSPS) is 20.5. The van der Waals surface area contributed by atoms with Crippen molar-refractivity contribution in [1.82, 2.24) is 4.57 Å². The maximum Gasteiger partial charge on any atom is 0.0622 e. The van der Waals surface area contributed by atoms with Crippen molar-refractivity contribution in [1.29, 1.82) is 0 Å². The molecule has 0 aliphatic heterocycles. The number of benzene rings is 7. The highest BCUT2D eigenvalue weighted by atomic mass is 15.1. The Morgan fingerprint density at radius 3 is 1.93 bits per heavy atom. The number of hydrogen-bond acceptors (Lipinski definition) is 1. The van der Waals surface area contributed by atoms with E-state index in [1.165, 1.54) is 147 Å². The third-order valence-electron chi connectivity index (χ3n) is 15.5. The molecule has 0 spiro atoms. The Morgan fingerprint density at radius 1 is 0.533 bits per heavy atom. The van der Waals surface area contributed by atoms with Gasteiger partial charge in [-0.3, -0.25) is 0 Å². The lowest BCUT2D eigenvalue weighted by Crippen LogP contribution is -2.17. The molecule has 2 nitrogen and oxygen atoms in total. The first-order valence-corrected chi connectivity index (χ1v) is 22.9. The van der Waals surface area contributed by atoms with Gasteiger partial charge in [0, 0.05) is 44.5 Å². The van der Waals surface area contributed by atoms with Crippen LogP contribution in [-0.2, 0) is 5.41 Å². The van der Waals surface area contributed by atoms with Gasteiger partial charge in [-0.05, 0) is 155 Å². The van der Waals surface area contributed by atoms with Crippen molar-refractivity contribution in [3.63, 3.8) is 0 Å². The average Bonchev–Trinajstić information content (AvgIpc) is 4.08. The van der Waals surface area contributed by atoms with E-state index in [0.717, 1.165) is 17.8 Å². The molecule has 3 atom stereocenters. The summed E-state index contributed by atoms with van der Waals surface area (Å²) in [7, 11) is 0. The molecule has 4 aliphatic carbocycles. The van der Waals surface area contributed by atoms with Gasteiger partial charge in [-0.25, -0.2) is 0 Å². The molecule has 296 valence electrons. The van der Waals surface area contributed by atoms with Crippen LogP contribution in [0.25, 0.3) is 49.7 Å². The van der Waals surface area contributed by atoms with Gasteiger partial charge in [-0.1, -0.05) is 137 Å². The highest BCUT2D eigenvalue weighted by molar-refractivity contribution is 6.16. The molecule has 0 N–H and O–H groups in total. The molecule has 1 heterocycles. The van der Waals surface area contributed by atoms with E-state index in [4.69, 9.17) is 0 Å². The van der Waals surface area contributed by atoms with Gasteiger partial charge in [-0.15, -0.1) is 0 Å². The second kappa shape index (κ2) is 14.1. The van der Waals surface area contributed by atoms with Crippen LogP contribution >= 0.6 is 0 Å². The third kappa shape index (κ3) is 5.74. The van der Waals surface area contributed by atoms with Crippen molar-refractivity contribution in [3.05, 3.63) is 180 Å². The van der Waals surface area contributed by atoms with Gasteiger partial charge in [0.2, 0.25) is 0 Å². The van der Waals surface area contributed by atoms with Crippen LogP contribution in [0.5, 0.6) is 0 Å². The average molecular weight is 779 g/mol. The van der Waals surface area contributed by atoms with Gasteiger partial charge >= 0.3 is 0 Å². The monoisotopic (exact) mass is 778 g/mol. The molecule has 7 aromatic carbocycles. The first-order valence-electron chi connectivity index (χ1n) is 22.9. The van der Waals surface area contributed by atoms with Crippen LogP contribution in [0.2, 0.25) is 0 Å². The van der Waals surface area contributed by atoms with Crippen molar-refractivity contribution in [2.75, 3.05) is 4.90 Å². The summed E-state index contributed by atoms with van der Waals surface area (Å²) in [6.07, 6.45) is 12.4. The summed E-state index contributed by atoms with van der Waals surface area (Å²) < 4.78 is 2.52. The van der Waals surface area contributed by atoms with Gasteiger partial charge in [0.1, 0.15) is 0 Å². The van der Waals surface area contributed by atoms with Gasteiger partial charge < -0.3 is 9.47 Å². The molecular formula is C58H54N2. The summed E-state index contributed by atoms with van der Waals surface area (Å²) in [5.74, 6) is 3.24. The van der Waals surface area contributed by atoms with Crippen LogP contribution in [0.4, 0.5) is 17.1 Å². The molecule has 4 aliphatic rings. The number of anilines is 3. The van der Waals surface area contributed by atoms with Crippen LogP contribution in [0.15, 0.2) is 158 Å². The first-order chi connectivity index (χ1) is 29.5. The maximum absolute atomic E-state index is 2.52. The summed E-state index contributed by atoms with van der Waals surface area (Å²) in [4.78, 5) is 2.52. The van der Waals surface area contributed by atoms with Crippen molar-refractivity contribution >= 4 is 38.9 Å². The lowest BCUT2D eigenvalue weighted by Gasteiger charge is -2.29. The molecule has 2 heteroatoms. The first kappa shape index (κ1) is 36.0. The lowest BCUT2D eigenvalue weighted by molar-refractivity contribution is 0.420. The minimum absolute atomic E-state index is 0.190. The molecule has 3 saturated carbocycles. The molecule has 3 fully saturated rings. The Morgan fingerprint density at radius 2 is 1.23 bits per heavy atom. The molecule has 1 aromatic heterocycles. The summed E-state index contributed by atoms with van der Waals surface area (Å²) in [5.41, 5.74) is 18.2. The van der Waals surface area contributed by atoms with Crippen LogP contribution in [0, 0.1) is 11.8 Å². The Labute approximate surface area is 355 Å². The van der Waals surface area contributed by atoms with Gasteiger partial charge in [0.25, 0.3) is 0 Å². The van der Waals surface area contributed by atoms with E-state index in [0.29, 0.717) is 5.92 Å². The van der Waals surface area contributed by atoms with E-state index < -0.39 is 0 Å². The molecule has 0 radical (unpaired) electrons. The fourth-order valence-electron chi connectivity index (χ4n) is 12.4. The lowest BCUT2D eigenvalue weighted by atomic mass is 9.82. The maximum atomic E-state index is 2.52. The van der Waals surface area contributed by atoms with E-state index in [9.17, 15) is 0 Å². The van der Waals surface area contributed by atoms with Crippen molar-refractivity contribution in [3.8, 4) is 27.9 Å². The van der Waals surface area contributed by atoms with E-state index in [1.807, 2.05) is 0 Å². The second-order valence-electron chi connectivity index (χ2n) is 19.1. The minimum atomic E-state index is -0.190. The highest BCUT2D eigenvalue weighted by Gasteiger charge is 2.41. The van der Waals surface area contributed by atoms with E-state index >= 15 is 0 Å². The molecule has 0 amide bonds. The predicted octanol–water partition coefficient (Wildman–Crippen LogP) is 16.2. The van der Waals surface area contributed by atoms with Gasteiger partial charge in [-0.2, -0.15) is 0 Å². The number of nitrogens with zero attached hydrogens (tertiary/aromatic N) is 2. The van der Waals surface area contributed by atoms with E-state index in [2.05, 4.69) is 181 Å². The fourth-order valence-corrected chi connectivity index (χ4v) is 12.4. The third-order valence-corrected chi connectivity index (χ3v) is 15.5. The van der Waals surface area contributed by atoms with Crippen molar-refractivity contribution in [2.24, 2.45) is 11.8 Å². The molecule has 60 heavy (non-hydrogen) atoms. The smallest absolute Gasteiger partial charge is 0.0622 e. The largest absolute Gasteiger partial charge is 0.310 e. The fraction of sp³-hybridized carbons (Fsp3) is 0.276. The quantitative estimate of drug-likeness (QED) is 0.156. The number of para-hydroxylation sites is 1. The molecule has 3 unspecified atom stereocenters. The Hall–Kier alpha value is -5.86. The zero-order chi connectivity index (χ0) is 40.0. The Kier molecular flexibility index (Phi) is 8.48. The molecular weight excluding hydrogens is 725 g/mol. The zero-order valence-corrected chi connectivity index (χ0v) is 35.1. The second-order valence-corrected chi connectivity index (χ2v) is 19.1. The minimum Gasteiger partial charge on any atom is -0.310 e. The molecule has 8 aromatic rings. The van der Waals surface area contributed by atoms with Crippen molar-refractivity contribution in [2.45, 2.75) is 88.9 Å². The standard InChI is InChI=1S/C58H54N2/c1-58(2)53-32-31-49-52-36-43(40-14-8-4-9-15-40)24-33-55(52)60(45-16-10-5-11-17-45)57(49)56(53)50-30-29-48(37-54(50)58)59(46-25-20-41(21-26-46)39-12-6-3-7-13-39)47-27-22-42(23-28-47)51-35-38-18-19-44(51)34-38/h4-5,8-11,14-17,20-33,36-39,44,51H,3,6-7,12-13,18-19,34-35H2,1-2H3. The number of rotatable bonds is 7. The number of aromatic nitrogens is 1. The highest BCUT2D eigenvalue weighted by Crippen LogP contribution is 2.56.